The Kier molecular flexibility index (Phi) is 3.60. The Morgan fingerprint density at radius 1 is 1.17 bits per heavy atom. The van der Waals surface area contributed by atoms with Crippen LogP contribution in [-0.4, -0.2) is 60.1 Å². The van der Waals surface area contributed by atoms with E-state index in [1.54, 1.807) is 0 Å². The van der Waals surface area contributed by atoms with Crippen molar-refractivity contribution in [1.29, 1.82) is 0 Å². The van der Waals surface area contributed by atoms with E-state index in [1.807, 2.05) is 35.2 Å². The van der Waals surface area contributed by atoms with Gasteiger partial charge in [0.05, 0.1) is 0 Å². The molecule has 2 aromatic rings. The van der Waals surface area contributed by atoms with Crippen molar-refractivity contribution in [1.82, 2.24) is 14.8 Å². The number of halogens is 1. The van der Waals surface area contributed by atoms with Crippen molar-refractivity contribution in [2.24, 2.45) is 0 Å². The molecule has 5 nitrogen and oxygen atoms in total. The zero-order valence-corrected chi connectivity index (χ0v) is 14.0. The van der Waals surface area contributed by atoms with Crippen molar-refractivity contribution >= 4 is 34.2 Å². The number of hydrogen-bond donors (Lipinski definition) is 1. The summed E-state index contributed by atoms with van der Waals surface area (Å²) < 4.78 is 0. The number of piperidine rings is 1. The number of nitrogens with zero attached hydrogens (tertiary/aromatic N) is 3. The standard InChI is InChI=1S/C17H21ClN4O/c1-20-8-9-22(17(20)23)13-3-6-21(7-4-13)16-11-12(18)10-15-14(16)2-5-19-15/h2,5,10-11,13,19H,3-4,6-9H2,1H3. The number of likely N-dealkylation sites (N-methyl/N-ethyl adjacent to an activating group) is 1. The normalized spacial score (nSPS) is 20.1. The van der Waals surface area contributed by atoms with Gasteiger partial charge in [0.25, 0.3) is 0 Å². The molecule has 4 rings (SSSR count). The van der Waals surface area contributed by atoms with Crippen LogP contribution in [0.15, 0.2) is 24.4 Å². The van der Waals surface area contributed by atoms with Gasteiger partial charge in [-0.2, -0.15) is 0 Å². The van der Waals surface area contributed by atoms with Crippen LogP contribution in [0.25, 0.3) is 10.9 Å². The van der Waals surface area contributed by atoms with Gasteiger partial charge in [-0.3, -0.25) is 0 Å². The SMILES string of the molecule is CN1CCN(C2CCN(c3cc(Cl)cc4[nH]ccc34)CC2)C1=O. The molecule has 0 radical (unpaired) electrons. The first-order valence-corrected chi connectivity index (χ1v) is 8.54. The fourth-order valence-corrected chi connectivity index (χ4v) is 4.01. The number of aromatic nitrogens is 1. The number of rotatable bonds is 2. The smallest absolute Gasteiger partial charge is 0.320 e. The van der Waals surface area contributed by atoms with E-state index >= 15 is 0 Å². The van der Waals surface area contributed by atoms with E-state index in [2.05, 4.69) is 16.0 Å². The molecule has 0 spiro atoms. The predicted octanol–water partition coefficient (Wildman–Crippen LogP) is 3.16. The van der Waals surface area contributed by atoms with Crippen molar-refractivity contribution in [2.45, 2.75) is 18.9 Å². The lowest BCUT2D eigenvalue weighted by Crippen LogP contribution is -2.46. The van der Waals surface area contributed by atoms with E-state index in [4.69, 9.17) is 11.6 Å². The van der Waals surface area contributed by atoms with Gasteiger partial charge in [0, 0.05) is 67.1 Å². The third-order valence-electron chi connectivity index (χ3n) is 5.11. The summed E-state index contributed by atoms with van der Waals surface area (Å²) >= 11 is 6.26. The van der Waals surface area contributed by atoms with E-state index in [-0.39, 0.29) is 6.03 Å². The maximum Gasteiger partial charge on any atom is 0.320 e. The molecule has 2 aliphatic rings. The van der Waals surface area contributed by atoms with Crippen LogP contribution in [-0.2, 0) is 0 Å². The summed E-state index contributed by atoms with van der Waals surface area (Å²) in [5.74, 6) is 0. The van der Waals surface area contributed by atoms with Crippen LogP contribution in [0, 0.1) is 0 Å². The van der Waals surface area contributed by atoms with Gasteiger partial charge in [0.2, 0.25) is 0 Å². The Labute approximate surface area is 140 Å². The minimum Gasteiger partial charge on any atom is -0.371 e. The van der Waals surface area contributed by atoms with E-state index in [0.717, 1.165) is 49.6 Å². The molecule has 0 saturated carbocycles. The lowest BCUT2D eigenvalue weighted by molar-refractivity contribution is 0.173. The molecule has 2 aliphatic heterocycles. The highest BCUT2D eigenvalue weighted by atomic mass is 35.5. The van der Waals surface area contributed by atoms with Crippen LogP contribution < -0.4 is 4.90 Å². The number of anilines is 1. The summed E-state index contributed by atoms with van der Waals surface area (Å²) in [5.41, 5.74) is 2.27. The number of carbonyl (C=O) groups excluding carboxylic acids is 1. The Balaban J connectivity index is 1.51. The van der Waals surface area contributed by atoms with Gasteiger partial charge >= 0.3 is 6.03 Å². The van der Waals surface area contributed by atoms with E-state index in [9.17, 15) is 4.79 Å². The Morgan fingerprint density at radius 3 is 2.65 bits per heavy atom. The number of hydrogen-bond acceptors (Lipinski definition) is 2. The van der Waals surface area contributed by atoms with Gasteiger partial charge in [0.15, 0.2) is 0 Å². The molecule has 122 valence electrons. The van der Waals surface area contributed by atoms with E-state index in [0.29, 0.717) is 6.04 Å². The Bertz CT molecular complexity index is 735. The van der Waals surface area contributed by atoms with Gasteiger partial charge < -0.3 is 19.7 Å². The number of fused-ring (bicyclic) bond motifs is 1. The van der Waals surface area contributed by atoms with Crippen molar-refractivity contribution in [3.63, 3.8) is 0 Å². The summed E-state index contributed by atoms with van der Waals surface area (Å²) in [4.78, 5) is 21.6. The molecular formula is C17H21ClN4O. The third-order valence-corrected chi connectivity index (χ3v) is 5.32. The molecule has 0 aliphatic carbocycles. The highest BCUT2D eigenvalue weighted by molar-refractivity contribution is 6.31. The lowest BCUT2D eigenvalue weighted by atomic mass is 10.0. The molecule has 0 unspecified atom stereocenters. The van der Waals surface area contributed by atoms with Gasteiger partial charge in [-0.25, -0.2) is 4.79 Å². The van der Waals surface area contributed by atoms with E-state index < -0.39 is 0 Å². The number of nitrogens with one attached hydrogen (secondary N) is 1. The number of carbonyl (C=O) groups is 1. The largest absolute Gasteiger partial charge is 0.371 e. The molecule has 2 saturated heterocycles. The zero-order valence-electron chi connectivity index (χ0n) is 13.3. The number of urea groups is 1. The first-order chi connectivity index (χ1) is 11.1. The van der Waals surface area contributed by atoms with Crippen LogP contribution >= 0.6 is 11.6 Å². The van der Waals surface area contributed by atoms with Gasteiger partial charge in [-0.15, -0.1) is 0 Å². The maximum absolute atomic E-state index is 12.2. The summed E-state index contributed by atoms with van der Waals surface area (Å²) in [7, 11) is 1.88. The van der Waals surface area contributed by atoms with Crippen LogP contribution in [0.5, 0.6) is 0 Å². The van der Waals surface area contributed by atoms with Crippen molar-refractivity contribution in [3.05, 3.63) is 29.4 Å². The minimum atomic E-state index is 0.180. The number of benzene rings is 1. The fraction of sp³-hybridized carbons (Fsp3) is 0.471. The van der Waals surface area contributed by atoms with Crippen molar-refractivity contribution in [2.75, 3.05) is 38.1 Å². The second kappa shape index (κ2) is 5.64. The molecule has 1 aromatic heterocycles. The molecule has 2 amide bonds. The molecule has 23 heavy (non-hydrogen) atoms. The highest BCUT2D eigenvalue weighted by Gasteiger charge is 2.33. The fourth-order valence-electron chi connectivity index (χ4n) is 3.80. The van der Waals surface area contributed by atoms with Gasteiger partial charge in [-0.1, -0.05) is 11.6 Å². The summed E-state index contributed by atoms with van der Waals surface area (Å²) in [6.45, 7) is 3.62. The Hall–Kier alpha value is -1.88. The summed E-state index contributed by atoms with van der Waals surface area (Å²) in [5, 5.41) is 1.97. The molecule has 3 heterocycles. The molecule has 6 heteroatoms. The number of aromatic amines is 1. The first kappa shape index (κ1) is 14.7. The molecule has 1 aromatic carbocycles. The second-order valence-corrected chi connectivity index (χ2v) is 6.92. The van der Waals surface area contributed by atoms with Crippen LogP contribution in [0.1, 0.15) is 12.8 Å². The highest BCUT2D eigenvalue weighted by Crippen LogP contribution is 2.33. The molecular weight excluding hydrogens is 312 g/mol. The molecule has 2 fully saturated rings. The molecule has 0 bridgehead atoms. The predicted molar refractivity (Wildman–Crippen MR) is 93.3 cm³/mol. The molecule has 1 N–H and O–H groups in total. The van der Waals surface area contributed by atoms with Crippen LogP contribution in [0.3, 0.4) is 0 Å². The quantitative estimate of drug-likeness (QED) is 0.918. The lowest BCUT2D eigenvalue weighted by Gasteiger charge is -2.37. The molecule has 0 atom stereocenters. The average molecular weight is 333 g/mol. The van der Waals surface area contributed by atoms with Crippen LogP contribution in [0.4, 0.5) is 10.5 Å². The summed E-state index contributed by atoms with van der Waals surface area (Å²) in [6.07, 6.45) is 3.98. The van der Waals surface area contributed by atoms with E-state index in [1.165, 1.54) is 11.1 Å². The van der Waals surface area contributed by atoms with Crippen LogP contribution in [0.2, 0.25) is 5.02 Å². The number of amides is 2. The topological polar surface area (TPSA) is 42.6 Å². The second-order valence-electron chi connectivity index (χ2n) is 6.48. The zero-order chi connectivity index (χ0) is 16.0. The Morgan fingerprint density at radius 2 is 1.96 bits per heavy atom. The monoisotopic (exact) mass is 332 g/mol. The summed E-state index contributed by atoms with van der Waals surface area (Å²) in [6, 6.07) is 6.66. The minimum absolute atomic E-state index is 0.180. The first-order valence-electron chi connectivity index (χ1n) is 8.17. The van der Waals surface area contributed by atoms with Gasteiger partial charge in [0.1, 0.15) is 0 Å². The average Bonchev–Trinajstić information content (AvgIpc) is 3.14. The van der Waals surface area contributed by atoms with Crippen molar-refractivity contribution in [3.8, 4) is 0 Å². The third kappa shape index (κ3) is 2.53. The van der Waals surface area contributed by atoms with Gasteiger partial charge in [-0.05, 0) is 31.0 Å². The number of H-pyrrole nitrogens is 1. The maximum atomic E-state index is 12.2. The van der Waals surface area contributed by atoms with Crippen molar-refractivity contribution < 1.29 is 4.79 Å².